The average Bonchev–Trinajstić information content (AvgIpc) is 2.89. The summed E-state index contributed by atoms with van der Waals surface area (Å²) in [6.07, 6.45) is 7.11. The average molecular weight is 340 g/mol. The molecule has 1 atom stereocenters. The van der Waals surface area contributed by atoms with Crippen LogP contribution in [0.15, 0.2) is 29.2 Å². The molecule has 0 aromatic heterocycles. The van der Waals surface area contributed by atoms with E-state index in [1.807, 2.05) is 24.3 Å². The zero-order chi connectivity index (χ0) is 15.4. The molecule has 1 aromatic rings. The van der Waals surface area contributed by atoms with Gasteiger partial charge in [0.05, 0.1) is 24.0 Å². The van der Waals surface area contributed by atoms with E-state index in [4.69, 9.17) is 16.3 Å². The van der Waals surface area contributed by atoms with Crippen LogP contribution < -0.4 is 5.32 Å². The van der Waals surface area contributed by atoms with Gasteiger partial charge in [0, 0.05) is 9.92 Å². The summed E-state index contributed by atoms with van der Waals surface area (Å²) in [5.74, 6) is 0.520. The predicted molar refractivity (Wildman–Crippen MR) is 90.5 cm³/mol. The lowest BCUT2D eigenvalue weighted by molar-refractivity contribution is -0.119. The minimum absolute atomic E-state index is 0.0551. The second kappa shape index (κ2) is 7.24. The summed E-state index contributed by atoms with van der Waals surface area (Å²) >= 11 is 7.39. The van der Waals surface area contributed by atoms with E-state index in [0.717, 1.165) is 29.2 Å². The summed E-state index contributed by atoms with van der Waals surface area (Å²) < 4.78 is 6.03. The molecule has 1 heterocycles. The van der Waals surface area contributed by atoms with Crippen LogP contribution in [0.3, 0.4) is 0 Å². The van der Waals surface area contributed by atoms with Crippen molar-refractivity contribution in [2.24, 2.45) is 0 Å². The fraction of sp³-hybridized carbons (Fsp3) is 0.588. The lowest BCUT2D eigenvalue weighted by Crippen LogP contribution is -2.38. The van der Waals surface area contributed by atoms with E-state index in [1.165, 1.54) is 31.0 Å². The van der Waals surface area contributed by atoms with Crippen LogP contribution in [0.25, 0.3) is 0 Å². The number of thioether (sulfide) groups is 1. The first kappa shape index (κ1) is 16.2. The smallest absolute Gasteiger partial charge is 0.230 e. The number of ether oxygens (including phenoxy) is 1. The van der Waals surface area contributed by atoms with Gasteiger partial charge in [-0.05, 0) is 43.5 Å². The highest BCUT2D eigenvalue weighted by Gasteiger charge is 2.41. The molecule has 1 amide bonds. The number of carbonyl (C=O) groups excluding carboxylic acids is 1. The molecule has 1 saturated carbocycles. The molecule has 1 N–H and O–H groups in total. The largest absolute Gasteiger partial charge is 0.373 e. The van der Waals surface area contributed by atoms with Crippen molar-refractivity contribution in [1.82, 2.24) is 5.32 Å². The molecule has 1 aromatic carbocycles. The fourth-order valence-electron chi connectivity index (χ4n) is 3.43. The van der Waals surface area contributed by atoms with Crippen molar-refractivity contribution >= 4 is 29.3 Å². The molecule has 1 saturated heterocycles. The van der Waals surface area contributed by atoms with E-state index in [-0.39, 0.29) is 17.6 Å². The van der Waals surface area contributed by atoms with Gasteiger partial charge in [-0.2, -0.15) is 0 Å². The van der Waals surface area contributed by atoms with E-state index in [9.17, 15) is 4.79 Å². The lowest BCUT2D eigenvalue weighted by Gasteiger charge is -2.32. The lowest BCUT2D eigenvalue weighted by atomic mass is 9.82. The number of rotatable bonds is 4. The molecule has 2 aliphatic rings. The predicted octanol–water partition coefficient (Wildman–Crippen LogP) is 4.04. The number of hydrogen-bond acceptors (Lipinski definition) is 3. The number of nitrogens with one attached hydrogen (secondary N) is 1. The molecule has 1 aliphatic carbocycles. The molecule has 5 heteroatoms. The van der Waals surface area contributed by atoms with Crippen LogP contribution in [0.5, 0.6) is 0 Å². The zero-order valence-electron chi connectivity index (χ0n) is 12.6. The summed E-state index contributed by atoms with van der Waals surface area (Å²) in [4.78, 5) is 13.2. The first-order chi connectivity index (χ1) is 10.7. The molecule has 1 unspecified atom stereocenters. The van der Waals surface area contributed by atoms with Crippen molar-refractivity contribution in [1.29, 1.82) is 0 Å². The first-order valence-corrected chi connectivity index (χ1v) is 9.33. The van der Waals surface area contributed by atoms with Crippen LogP contribution >= 0.6 is 23.4 Å². The van der Waals surface area contributed by atoms with Crippen LogP contribution in [0.1, 0.15) is 38.5 Å². The minimum Gasteiger partial charge on any atom is -0.373 e. The van der Waals surface area contributed by atoms with Gasteiger partial charge in [-0.15, -0.1) is 11.8 Å². The Balaban J connectivity index is 1.43. The molecule has 22 heavy (non-hydrogen) atoms. The molecule has 2 fully saturated rings. The second-order valence-corrected chi connectivity index (χ2v) is 7.75. The van der Waals surface area contributed by atoms with Crippen LogP contribution in [0, 0.1) is 0 Å². The van der Waals surface area contributed by atoms with Gasteiger partial charge in [0.2, 0.25) is 5.91 Å². The third-order valence-corrected chi connectivity index (χ3v) is 5.79. The Morgan fingerprint density at radius 1 is 1.27 bits per heavy atom. The van der Waals surface area contributed by atoms with Crippen molar-refractivity contribution in [2.75, 3.05) is 12.4 Å². The van der Waals surface area contributed by atoms with Gasteiger partial charge in [0.15, 0.2) is 0 Å². The maximum absolute atomic E-state index is 12.1. The Bertz CT molecular complexity index is 514. The van der Waals surface area contributed by atoms with Crippen LogP contribution in [0.2, 0.25) is 5.02 Å². The third kappa shape index (κ3) is 4.18. The highest BCUT2D eigenvalue weighted by Crippen LogP contribution is 2.39. The van der Waals surface area contributed by atoms with Gasteiger partial charge in [0.1, 0.15) is 0 Å². The van der Waals surface area contributed by atoms with Crippen LogP contribution in [0.4, 0.5) is 0 Å². The van der Waals surface area contributed by atoms with E-state index >= 15 is 0 Å². The van der Waals surface area contributed by atoms with E-state index < -0.39 is 0 Å². The molecule has 1 aliphatic heterocycles. The van der Waals surface area contributed by atoms with Crippen molar-refractivity contribution in [3.05, 3.63) is 29.3 Å². The molecular weight excluding hydrogens is 318 g/mol. The van der Waals surface area contributed by atoms with Gasteiger partial charge in [-0.25, -0.2) is 0 Å². The van der Waals surface area contributed by atoms with Crippen LogP contribution in [-0.2, 0) is 9.53 Å². The van der Waals surface area contributed by atoms with Crippen molar-refractivity contribution in [3.8, 4) is 0 Å². The van der Waals surface area contributed by atoms with Gasteiger partial charge < -0.3 is 10.1 Å². The standard InChI is InChI=1S/C17H22ClNO2S/c18-13-4-6-15(7-5-13)22-12-16(20)19-14-10-17(21-11-14)8-2-1-3-9-17/h4-7,14H,1-3,8-12H2,(H,19,20). The Morgan fingerprint density at radius 2 is 2.00 bits per heavy atom. The normalized spacial score (nSPS) is 23.6. The number of amides is 1. The van der Waals surface area contributed by atoms with E-state index in [1.54, 1.807) is 0 Å². The fourth-order valence-corrected chi connectivity index (χ4v) is 4.27. The third-order valence-electron chi connectivity index (χ3n) is 4.52. The Morgan fingerprint density at radius 3 is 2.73 bits per heavy atom. The summed E-state index contributed by atoms with van der Waals surface area (Å²) in [5.41, 5.74) is 0.0551. The topological polar surface area (TPSA) is 38.3 Å². The van der Waals surface area contributed by atoms with E-state index in [0.29, 0.717) is 12.4 Å². The Hall–Kier alpha value is -0.710. The highest BCUT2D eigenvalue weighted by atomic mass is 35.5. The molecule has 3 rings (SSSR count). The molecule has 0 bridgehead atoms. The monoisotopic (exact) mass is 339 g/mol. The van der Waals surface area contributed by atoms with Gasteiger partial charge in [0.25, 0.3) is 0 Å². The highest BCUT2D eigenvalue weighted by molar-refractivity contribution is 8.00. The van der Waals surface area contributed by atoms with Crippen molar-refractivity contribution < 1.29 is 9.53 Å². The number of halogens is 1. The summed E-state index contributed by atoms with van der Waals surface area (Å²) in [7, 11) is 0. The van der Waals surface area contributed by atoms with E-state index in [2.05, 4.69) is 5.32 Å². The quantitative estimate of drug-likeness (QED) is 0.841. The second-order valence-electron chi connectivity index (χ2n) is 6.27. The number of carbonyl (C=O) groups is 1. The molecule has 3 nitrogen and oxygen atoms in total. The molecule has 0 radical (unpaired) electrons. The van der Waals surface area contributed by atoms with Gasteiger partial charge in [-0.1, -0.05) is 30.9 Å². The summed E-state index contributed by atoms with van der Waals surface area (Å²) in [6, 6.07) is 7.75. The Labute approximate surface area is 141 Å². The SMILES string of the molecule is O=C(CSc1ccc(Cl)cc1)NC1COC2(CCCCC2)C1. The Kier molecular flexibility index (Phi) is 5.32. The zero-order valence-corrected chi connectivity index (χ0v) is 14.2. The maximum atomic E-state index is 12.1. The number of hydrogen-bond donors (Lipinski definition) is 1. The summed E-state index contributed by atoms with van der Waals surface area (Å²) in [6.45, 7) is 0.664. The van der Waals surface area contributed by atoms with Gasteiger partial charge >= 0.3 is 0 Å². The number of benzene rings is 1. The minimum atomic E-state index is 0.0551. The first-order valence-electron chi connectivity index (χ1n) is 7.97. The maximum Gasteiger partial charge on any atom is 0.230 e. The molecular formula is C17H22ClNO2S. The van der Waals surface area contributed by atoms with Crippen molar-refractivity contribution in [2.45, 2.75) is 55.1 Å². The summed E-state index contributed by atoms with van der Waals surface area (Å²) in [5, 5.41) is 3.84. The molecule has 1 spiro atoms. The molecule has 120 valence electrons. The van der Waals surface area contributed by atoms with Crippen LogP contribution in [-0.4, -0.2) is 29.9 Å². The van der Waals surface area contributed by atoms with Gasteiger partial charge in [-0.3, -0.25) is 4.79 Å². The van der Waals surface area contributed by atoms with Crippen molar-refractivity contribution in [3.63, 3.8) is 0 Å².